The summed E-state index contributed by atoms with van der Waals surface area (Å²) in [6, 6.07) is 16.2. The summed E-state index contributed by atoms with van der Waals surface area (Å²) in [4.78, 5) is 17.2. The zero-order chi connectivity index (χ0) is 24.1. The lowest BCUT2D eigenvalue weighted by Gasteiger charge is -2.35. The highest BCUT2D eigenvalue weighted by atomic mass is 16.5. The molecule has 1 aliphatic heterocycles. The highest BCUT2D eigenvalue weighted by Gasteiger charge is 2.22. The summed E-state index contributed by atoms with van der Waals surface area (Å²) >= 11 is 0. The molecule has 34 heavy (non-hydrogen) atoms. The van der Waals surface area contributed by atoms with E-state index in [-0.39, 0.29) is 12.6 Å². The lowest BCUT2D eigenvalue weighted by Crippen LogP contribution is -2.48. The van der Waals surface area contributed by atoms with Crippen LogP contribution in [0.25, 0.3) is 10.9 Å². The predicted octanol–water partition coefficient (Wildman–Crippen LogP) is 3.22. The van der Waals surface area contributed by atoms with E-state index in [1.165, 1.54) is 5.56 Å². The topological polar surface area (TPSA) is 67.2 Å². The number of fused-ring (bicyclic) bond motifs is 1. The van der Waals surface area contributed by atoms with Crippen molar-refractivity contribution in [3.8, 4) is 5.75 Å². The second kappa shape index (κ2) is 11.0. The number of esters is 1. The number of piperazine rings is 1. The van der Waals surface area contributed by atoms with Crippen molar-refractivity contribution in [2.75, 3.05) is 45.9 Å². The van der Waals surface area contributed by atoms with Crippen molar-refractivity contribution < 1.29 is 19.4 Å². The molecule has 2 heterocycles. The van der Waals surface area contributed by atoms with Gasteiger partial charge in [-0.15, -0.1) is 0 Å². The first-order valence-electron chi connectivity index (χ1n) is 12.0. The van der Waals surface area contributed by atoms with Gasteiger partial charge in [0.25, 0.3) is 0 Å². The van der Waals surface area contributed by atoms with Gasteiger partial charge in [-0.1, -0.05) is 30.3 Å². The van der Waals surface area contributed by atoms with E-state index in [2.05, 4.69) is 34.1 Å². The van der Waals surface area contributed by atoms with Gasteiger partial charge in [-0.05, 0) is 37.6 Å². The maximum absolute atomic E-state index is 12.5. The molecular formula is C27H35N3O4. The summed E-state index contributed by atoms with van der Waals surface area (Å²) in [7, 11) is 1.93. The Labute approximate surface area is 201 Å². The van der Waals surface area contributed by atoms with Crippen LogP contribution in [0.4, 0.5) is 0 Å². The predicted molar refractivity (Wildman–Crippen MR) is 133 cm³/mol. The van der Waals surface area contributed by atoms with E-state index in [4.69, 9.17) is 9.47 Å². The maximum Gasteiger partial charge on any atom is 0.340 e. The summed E-state index contributed by atoms with van der Waals surface area (Å²) in [5.74, 6) is 0.310. The molecule has 0 spiro atoms. The molecule has 7 nitrogen and oxygen atoms in total. The molecule has 1 fully saturated rings. The number of hydrogen-bond acceptors (Lipinski definition) is 6. The minimum atomic E-state index is -0.585. The fraction of sp³-hybridized carbons (Fsp3) is 0.444. The van der Waals surface area contributed by atoms with Crippen molar-refractivity contribution in [1.29, 1.82) is 0 Å². The van der Waals surface area contributed by atoms with Crippen LogP contribution in [0, 0.1) is 6.92 Å². The molecule has 0 amide bonds. The number of aliphatic hydroxyl groups excluding tert-OH is 1. The Bertz CT molecular complexity index is 1100. The highest BCUT2D eigenvalue weighted by Crippen LogP contribution is 2.29. The van der Waals surface area contributed by atoms with Crippen molar-refractivity contribution >= 4 is 16.9 Å². The van der Waals surface area contributed by atoms with Crippen LogP contribution in [0.15, 0.2) is 48.5 Å². The van der Waals surface area contributed by atoms with Crippen LogP contribution in [0.5, 0.6) is 5.75 Å². The molecule has 0 saturated carbocycles. The smallest absolute Gasteiger partial charge is 0.340 e. The van der Waals surface area contributed by atoms with Crippen molar-refractivity contribution in [3.63, 3.8) is 0 Å². The van der Waals surface area contributed by atoms with Gasteiger partial charge in [-0.25, -0.2) is 4.79 Å². The van der Waals surface area contributed by atoms with Gasteiger partial charge in [0.2, 0.25) is 0 Å². The molecule has 0 aliphatic carbocycles. The molecule has 4 rings (SSSR count). The van der Waals surface area contributed by atoms with E-state index >= 15 is 0 Å². The summed E-state index contributed by atoms with van der Waals surface area (Å²) < 4.78 is 13.1. The molecule has 0 unspecified atom stereocenters. The van der Waals surface area contributed by atoms with Crippen molar-refractivity contribution in [2.24, 2.45) is 7.05 Å². The van der Waals surface area contributed by atoms with Crippen LogP contribution in [-0.4, -0.2) is 77.5 Å². The van der Waals surface area contributed by atoms with Crippen molar-refractivity contribution in [2.45, 2.75) is 26.5 Å². The normalized spacial score (nSPS) is 16.0. The minimum absolute atomic E-state index is 0.205. The first kappa shape index (κ1) is 24.3. The van der Waals surface area contributed by atoms with E-state index in [1.54, 1.807) is 6.92 Å². The molecule has 3 aromatic rings. The number of rotatable bonds is 9. The van der Waals surface area contributed by atoms with E-state index in [9.17, 15) is 9.90 Å². The first-order chi connectivity index (χ1) is 16.5. The number of carbonyl (C=O) groups excluding carboxylic acids is 1. The SMILES string of the molecule is CCOC(=O)c1c(C)n(C)c2ccc(OC[C@@H](O)CN3CCN(Cc4ccccc4)CC3)cc12. The number of ether oxygens (including phenoxy) is 2. The van der Waals surface area contributed by atoms with Crippen molar-refractivity contribution in [3.05, 3.63) is 65.4 Å². The Morgan fingerprint density at radius 3 is 2.47 bits per heavy atom. The maximum atomic E-state index is 12.5. The minimum Gasteiger partial charge on any atom is -0.491 e. The fourth-order valence-electron chi connectivity index (χ4n) is 4.62. The molecule has 182 valence electrons. The average Bonchev–Trinajstić information content (AvgIpc) is 3.09. The number of nitrogens with zero attached hydrogens (tertiary/aromatic N) is 3. The van der Waals surface area contributed by atoms with Crippen LogP contribution in [0.2, 0.25) is 0 Å². The summed E-state index contributed by atoms with van der Waals surface area (Å²) in [6.07, 6.45) is -0.585. The van der Waals surface area contributed by atoms with E-state index in [0.29, 0.717) is 24.5 Å². The Hall–Kier alpha value is -2.87. The molecule has 1 saturated heterocycles. The summed E-state index contributed by atoms with van der Waals surface area (Å²) in [6.45, 7) is 9.65. The van der Waals surface area contributed by atoms with E-state index in [0.717, 1.165) is 49.3 Å². The molecule has 1 atom stereocenters. The third kappa shape index (κ3) is 5.60. The molecule has 0 radical (unpaired) electrons. The zero-order valence-corrected chi connectivity index (χ0v) is 20.4. The molecule has 2 aromatic carbocycles. The largest absolute Gasteiger partial charge is 0.491 e. The number of hydrogen-bond donors (Lipinski definition) is 1. The Kier molecular flexibility index (Phi) is 7.88. The van der Waals surface area contributed by atoms with E-state index < -0.39 is 6.10 Å². The number of aryl methyl sites for hydroxylation is 1. The van der Waals surface area contributed by atoms with Gasteiger partial charge in [0.15, 0.2) is 0 Å². The molecule has 7 heteroatoms. The highest BCUT2D eigenvalue weighted by molar-refractivity contribution is 6.06. The standard InChI is InChI=1S/C27H35N3O4/c1-4-33-27(32)26-20(2)28(3)25-11-10-23(16-24(25)26)34-19-22(31)18-30-14-12-29(13-15-30)17-21-8-6-5-7-9-21/h5-11,16,22,31H,4,12-15,17-19H2,1-3H3/t22-/m0/s1. The van der Waals surface area contributed by atoms with Gasteiger partial charge in [-0.3, -0.25) is 9.80 Å². The quantitative estimate of drug-likeness (QED) is 0.490. The molecule has 1 aliphatic rings. The summed E-state index contributed by atoms with van der Waals surface area (Å²) in [5, 5.41) is 11.4. The van der Waals surface area contributed by atoms with Crippen LogP contribution >= 0.6 is 0 Å². The average molecular weight is 466 g/mol. The molecular weight excluding hydrogens is 430 g/mol. The molecule has 0 bridgehead atoms. The van der Waals surface area contributed by atoms with E-state index in [1.807, 2.05) is 42.8 Å². The number of carbonyl (C=O) groups is 1. The van der Waals surface area contributed by atoms with Crippen LogP contribution < -0.4 is 4.74 Å². The lowest BCUT2D eigenvalue weighted by molar-refractivity contribution is 0.0446. The van der Waals surface area contributed by atoms with Gasteiger partial charge in [0.1, 0.15) is 18.5 Å². The van der Waals surface area contributed by atoms with Crippen molar-refractivity contribution in [1.82, 2.24) is 14.4 Å². The van der Waals surface area contributed by atoms with Gasteiger partial charge in [-0.2, -0.15) is 0 Å². The number of aromatic nitrogens is 1. The number of aliphatic hydroxyl groups is 1. The monoisotopic (exact) mass is 465 g/mol. The fourth-order valence-corrected chi connectivity index (χ4v) is 4.62. The molecule has 1 N–H and O–H groups in total. The number of β-amino-alcohol motifs (C(OH)–C–C–N with tert-alkyl or cyclic N) is 1. The Balaban J connectivity index is 1.30. The third-order valence-corrected chi connectivity index (χ3v) is 6.57. The lowest BCUT2D eigenvalue weighted by atomic mass is 10.1. The first-order valence-corrected chi connectivity index (χ1v) is 12.0. The molecule has 1 aromatic heterocycles. The third-order valence-electron chi connectivity index (χ3n) is 6.57. The summed E-state index contributed by atoms with van der Waals surface area (Å²) in [5.41, 5.74) is 3.71. The van der Waals surface area contributed by atoms with Crippen LogP contribution in [-0.2, 0) is 18.3 Å². The van der Waals surface area contributed by atoms with Gasteiger partial charge >= 0.3 is 5.97 Å². The second-order valence-electron chi connectivity index (χ2n) is 8.95. The Morgan fingerprint density at radius 2 is 1.76 bits per heavy atom. The second-order valence-corrected chi connectivity index (χ2v) is 8.95. The van der Waals surface area contributed by atoms with Crippen LogP contribution in [0.1, 0.15) is 28.5 Å². The van der Waals surface area contributed by atoms with Gasteiger partial charge in [0.05, 0.1) is 12.2 Å². The zero-order valence-electron chi connectivity index (χ0n) is 20.4. The Morgan fingerprint density at radius 1 is 1.06 bits per heavy atom. The van der Waals surface area contributed by atoms with Gasteiger partial charge in [0, 0.05) is 62.9 Å². The van der Waals surface area contributed by atoms with Crippen LogP contribution in [0.3, 0.4) is 0 Å². The van der Waals surface area contributed by atoms with Gasteiger partial charge < -0.3 is 19.1 Å². The number of benzene rings is 2.